The monoisotopic (exact) mass is 546 g/mol. The fourth-order valence-corrected chi connectivity index (χ4v) is 5.91. The van der Waals surface area contributed by atoms with Gasteiger partial charge >= 0.3 is 0 Å². The lowest BCUT2D eigenvalue weighted by molar-refractivity contribution is 0.0600. The average molecular weight is 547 g/mol. The predicted molar refractivity (Wildman–Crippen MR) is 149 cm³/mol. The number of hydrogen-bond donors (Lipinski definition) is 0. The minimum absolute atomic E-state index is 0.101. The molecule has 6 heterocycles. The number of piperidine rings is 1. The molecule has 2 fully saturated rings. The molecule has 1 aromatic carbocycles. The molecular weight excluding hydrogens is 516 g/mol. The number of hydrogen-bond acceptors (Lipinski definition) is 7. The zero-order chi connectivity index (χ0) is 26.5. The van der Waals surface area contributed by atoms with Crippen molar-refractivity contribution in [3.05, 3.63) is 64.8 Å². The SMILES string of the molecule is CN1CCn2ccnc2COc2ccc(Cl)cc2C(=O)N2CCCC[C@H]2c2cc3nc(N4CCC4)cc1n3n2. The van der Waals surface area contributed by atoms with Crippen LogP contribution >= 0.6 is 11.6 Å². The number of likely N-dealkylation sites (N-methyl/N-ethyl adjacent to an activating group) is 1. The lowest BCUT2D eigenvalue weighted by atomic mass is 9.98. The van der Waals surface area contributed by atoms with Gasteiger partial charge in [0.2, 0.25) is 0 Å². The molecule has 0 radical (unpaired) electrons. The minimum Gasteiger partial charge on any atom is -0.485 e. The molecule has 0 aliphatic carbocycles. The van der Waals surface area contributed by atoms with Crippen LogP contribution in [0.4, 0.5) is 11.6 Å². The van der Waals surface area contributed by atoms with Crippen LogP contribution in [-0.4, -0.2) is 68.2 Å². The molecule has 2 saturated heterocycles. The van der Waals surface area contributed by atoms with Crippen molar-refractivity contribution in [1.29, 1.82) is 0 Å². The van der Waals surface area contributed by atoms with Crippen LogP contribution in [0.25, 0.3) is 5.65 Å². The maximum absolute atomic E-state index is 14.1. The van der Waals surface area contributed by atoms with Crippen LogP contribution in [0.15, 0.2) is 42.7 Å². The highest BCUT2D eigenvalue weighted by molar-refractivity contribution is 6.31. The van der Waals surface area contributed by atoms with E-state index in [-0.39, 0.29) is 18.6 Å². The Morgan fingerprint density at radius 2 is 1.92 bits per heavy atom. The molecule has 3 aliphatic heterocycles. The molecule has 2 bridgehead atoms. The number of carbonyl (C=O) groups is 1. The molecular formula is C28H31ClN8O2. The number of halogens is 1. The van der Waals surface area contributed by atoms with Gasteiger partial charge in [0.25, 0.3) is 5.91 Å². The van der Waals surface area contributed by atoms with Gasteiger partial charge < -0.3 is 24.0 Å². The summed E-state index contributed by atoms with van der Waals surface area (Å²) < 4.78 is 10.2. The van der Waals surface area contributed by atoms with Crippen LogP contribution in [0.1, 0.15) is 53.6 Å². The van der Waals surface area contributed by atoms with Gasteiger partial charge in [0.1, 0.15) is 29.8 Å². The second-order valence-corrected chi connectivity index (χ2v) is 11.0. The third-order valence-corrected chi connectivity index (χ3v) is 8.33. The first-order valence-electron chi connectivity index (χ1n) is 13.7. The number of imidazole rings is 1. The number of carbonyl (C=O) groups excluding carboxylic acids is 1. The molecule has 3 aromatic heterocycles. The summed E-state index contributed by atoms with van der Waals surface area (Å²) in [4.78, 5) is 30.0. The third kappa shape index (κ3) is 4.36. The molecule has 39 heavy (non-hydrogen) atoms. The van der Waals surface area contributed by atoms with Crippen LogP contribution < -0.4 is 14.5 Å². The molecule has 202 valence electrons. The van der Waals surface area contributed by atoms with Gasteiger partial charge in [-0.1, -0.05) is 11.6 Å². The van der Waals surface area contributed by atoms with Crippen molar-refractivity contribution in [1.82, 2.24) is 29.0 Å². The highest BCUT2D eigenvalue weighted by Gasteiger charge is 2.33. The molecule has 0 unspecified atom stereocenters. The summed E-state index contributed by atoms with van der Waals surface area (Å²) in [6.45, 7) is 4.39. The lowest BCUT2D eigenvalue weighted by Gasteiger charge is -2.35. The summed E-state index contributed by atoms with van der Waals surface area (Å²) in [6.07, 6.45) is 7.73. The molecule has 1 atom stereocenters. The molecule has 3 aliphatic rings. The minimum atomic E-state index is -0.155. The van der Waals surface area contributed by atoms with Crippen molar-refractivity contribution in [3.63, 3.8) is 0 Å². The number of fused-ring (bicyclic) bond motifs is 5. The van der Waals surface area contributed by atoms with Crippen molar-refractivity contribution in [2.24, 2.45) is 0 Å². The van der Waals surface area contributed by atoms with Gasteiger partial charge in [-0.15, -0.1) is 0 Å². The predicted octanol–water partition coefficient (Wildman–Crippen LogP) is 4.19. The molecule has 10 nitrogen and oxygen atoms in total. The van der Waals surface area contributed by atoms with Crippen LogP contribution in [0.3, 0.4) is 0 Å². The van der Waals surface area contributed by atoms with E-state index >= 15 is 0 Å². The highest BCUT2D eigenvalue weighted by atomic mass is 35.5. The summed E-state index contributed by atoms with van der Waals surface area (Å²) in [5.74, 6) is 3.14. The van der Waals surface area contributed by atoms with E-state index in [0.29, 0.717) is 22.9 Å². The van der Waals surface area contributed by atoms with E-state index in [2.05, 4.69) is 38.5 Å². The molecule has 0 N–H and O–H groups in total. The van der Waals surface area contributed by atoms with E-state index in [4.69, 9.17) is 26.4 Å². The van der Waals surface area contributed by atoms with E-state index in [1.165, 1.54) is 6.42 Å². The number of ether oxygens (including phenoxy) is 1. The Balaban J connectivity index is 1.38. The second kappa shape index (κ2) is 9.75. The lowest BCUT2D eigenvalue weighted by Crippen LogP contribution is -2.39. The van der Waals surface area contributed by atoms with E-state index in [1.807, 2.05) is 15.6 Å². The maximum Gasteiger partial charge on any atom is 0.258 e. The number of nitrogens with zero attached hydrogens (tertiary/aromatic N) is 8. The molecule has 7 rings (SSSR count). The Labute approximate surface area is 231 Å². The first kappa shape index (κ1) is 24.3. The number of amides is 1. The molecule has 11 heteroatoms. The zero-order valence-corrected chi connectivity index (χ0v) is 22.7. The van der Waals surface area contributed by atoms with Crippen molar-refractivity contribution >= 4 is 34.8 Å². The summed E-state index contributed by atoms with van der Waals surface area (Å²) in [5, 5.41) is 5.57. The smallest absolute Gasteiger partial charge is 0.258 e. The molecule has 1 amide bonds. The maximum atomic E-state index is 14.1. The van der Waals surface area contributed by atoms with Crippen LogP contribution in [-0.2, 0) is 13.2 Å². The Kier molecular flexibility index (Phi) is 6.07. The Hall–Kier alpha value is -3.79. The molecule has 0 spiro atoms. The van der Waals surface area contributed by atoms with Crippen molar-refractivity contribution < 1.29 is 9.53 Å². The van der Waals surface area contributed by atoms with Gasteiger partial charge in [-0.25, -0.2) is 9.97 Å². The van der Waals surface area contributed by atoms with E-state index < -0.39 is 0 Å². The summed E-state index contributed by atoms with van der Waals surface area (Å²) in [7, 11) is 2.09. The summed E-state index contributed by atoms with van der Waals surface area (Å²) in [5.41, 5.74) is 2.12. The molecule has 4 aromatic rings. The summed E-state index contributed by atoms with van der Waals surface area (Å²) in [6, 6.07) is 9.27. The first-order chi connectivity index (χ1) is 19.0. The van der Waals surface area contributed by atoms with Crippen molar-refractivity contribution in [2.45, 2.75) is 44.9 Å². The van der Waals surface area contributed by atoms with E-state index in [1.54, 1.807) is 24.4 Å². The normalized spacial score (nSPS) is 19.9. The third-order valence-electron chi connectivity index (χ3n) is 8.10. The van der Waals surface area contributed by atoms with Crippen LogP contribution in [0.5, 0.6) is 5.75 Å². The largest absolute Gasteiger partial charge is 0.485 e. The standard InChI is InChI=1S/C28H31ClN8O2/c1-33-13-14-35-12-8-30-26(35)18-39-23-7-6-19(29)15-20(23)28(38)36-11-3-2-5-22(36)21-16-25-31-24(34-9-4-10-34)17-27(33)37(25)32-21/h6-8,12,15-17,22H,2-5,9-11,13-14,18H2,1H3/t22-/m0/s1. The zero-order valence-electron chi connectivity index (χ0n) is 22.0. The average Bonchev–Trinajstić information content (AvgIpc) is 3.55. The van der Waals surface area contributed by atoms with Gasteiger partial charge in [-0.05, 0) is 43.9 Å². The van der Waals surface area contributed by atoms with Crippen molar-refractivity contribution in [2.75, 3.05) is 43.0 Å². The van der Waals surface area contributed by atoms with Gasteiger partial charge in [0.05, 0.1) is 17.3 Å². The van der Waals surface area contributed by atoms with Crippen molar-refractivity contribution in [3.8, 4) is 5.75 Å². The first-order valence-corrected chi connectivity index (χ1v) is 14.0. The quantitative estimate of drug-likeness (QED) is 0.354. The number of anilines is 2. The Morgan fingerprint density at radius 1 is 1.03 bits per heavy atom. The fourth-order valence-electron chi connectivity index (χ4n) is 5.74. The van der Waals surface area contributed by atoms with Crippen LogP contribution in [0, 0.1) is 0 Å². The second-order valence-electron chi connectivity index (χ2n) is 10.6. The van der Waals surface area contributed by atoms with Gasteiger partial charge in [0, 0.05) is 69.3 Å². The van der Waals surface area contributed by atoms with Gasteiger partial charge in [-0.3, -0.25) is 4.79 Å². The Bertz CT molecular complexity index is 1540. The fraction of sp³-hybridized carbons (Fsp3) is 0.429. The summed E-state index contributed by atoms with van der Waals surface area (Å²) >= 11 is 6.37. The van der Waals surface area contributed by atoms with Gasteiger partial charge in [-0.2, -0.15) is 9.61 Å². The number of aromatic nitrogens is 5. The topological polar surface area (TPSA) is 84.0 Å². The highest BCUT2D eigenvalue weighted by Crippen LogP contribution is 2.36. The van der Waals surface area contributed by atoms with E-state index in [9.17, 15) is 4.79 Å². The number of rotatable bonds is 1. The molecule has 0 saturated carbocycles. The Morgan fingerprint density at radius 3 is 2.77 bits per heavy atom. The number of benzene rings is 1. The van der Waals surface area contributed by atoms with Crippen LogP contribution in [0.2, 0.25) is 5.02 Å². The van der Waals surface area contributed by atoms with Gasteiger partial charge in [0.15, 0.2) is 5.65 Å². The van der Waals surface area contributed by atoms with E-state index in [0.717, 1.165) is 74.2 Å².